The first kappa shape index (κ1) is 22.6. The third kappa shape index (κ3) is 4.91. The van der Waals surface area contributed by atoms with E-state index in [0.29, 0.717) is 35.1 Å². The SMILES string of the molecule is COCc1nc(C)ncc1OC[C@@]1(C2C=CC=C(F)C2)C[C@H]1C(=O)Nc1ccc(C#N)cn1. The van der Waals surface area contributed by atoms with Crippen molar-refractivity contribution in [2.45, 2.75) is 26.4 Å². The monoisotopic (exact) mass is 449 g/mol. The second kappa shape index (κ2) is 9.46. The zero-order chi connectivity index (χ0) is 23.4. The number of aromatic nitrogens is 3. The van der Waals surface area contributed by atoms with Gasteiger partial charge in [0.05, 0.1) is 25.0 Å². The first-order chi connectivity index (χ1) is 15.9. The predicted octanol–water partition coefficient (Wildman–Crippen LogP) is 3.65. The number of nitrogens with one attached hydrogen (secondary N) is 1. The number of allylic oxidation sites excluding steroid dienone is 4. The number of ether oxygens (including phenoxy) is 2. The second-order valence-electron chi connectivity index (χ2n) is 8.28. The quantitative estimate of drug-likeness (QED) is 0.655. The van der Waals surface area contributed by atoms with Crippen LogP contribution in [0.2, 0.25) is 0 Å². The third-order valence-corrected chi connectivity index (χ3v) is 6.08. The van der Waals surface area contributed by atoms with Gasteiger partial charge in [0.2, 0.25) is 5.91 Å². The largest absolute Gasteiger partial charge is 0.489 e. The Morgan fingerprint density at radius 3 is 2.91 bits per heavy atom. The molecule has 1 fully saturated rings. The minimum atomic E-state index is -0.575. The third-order valence-electron chi connectivity index (χ3n) is 6.08. The van der Waals surface area contributed by atoms with E-state index in [9.17, 15) is 9.18 Å². The molecule has 2 aliphatic rings. The number of hydrogen-bond donors (Lipinski definition) is 1. The molecule has 1 amide bonds. The van der Waals surface area contributed by atoms with Gasteiger partial charge in [-0.2, -0.15) is 5.26 Å². The highest BCUT2D eigenvalue weighted by Gasteiger charge is 2.62. The van der Waals surface area contributed by atoms with Crippen molar-refractivity contribution in [3.05, 3.63) is 65.7 Å². The lowest BCUT2D eigenvalue weighted by Crippen LogP contribution is -2.30. The number of anilines is 1. The summed E-state index contributed by atoms with van der Waals surface area (Å²) in [5, 5.41) is 11.7. The molecule has 0 bridgehead atoms. The second-order valence-corrected chi connectivity index (χ2v) is 8.28. The molecular weight excluding hydrogens is 425 g/mol. The van der Waals surface area contributed by atoms with Crippen LogP contribution in [-0.2, 0) is 16.1 Å². The molecule has 0 radical (unpaired) electrons. The smallest absolute Gasteiger partial charge is 0.229 e. The van der Waals surface area contributed by atoms with Gasteiger partial charge in [-0.05, 0) is 37.5 Å². The van der Waals surface area contributed by atoms with Crippen LogP contribution in [0.1, 0.15) is 29.9 Å². The van der Waals surface area contributed by atoms with Crippen LogP contribution in [-0.4, -0.2) is 34.6 Å². The molecule has 0 spiro atoms. The number of amides is 1. The highest BCUT2D eigenvalue weighted by atomic mass is 19.1. The summed E-state index contributed by atoms with van der Waals surface area (Å²) in [6.45, 7) is 2.25. The van der Waals surface area contributed by atoms with Gasteiger partial charge in [0.15, 0.2) is 5.75 Å². The van der Waals surface area contributed by atoms with Crippen LogP contribution in [0.15, 0.2) is 48.6 Å². The Balaban J connectivity index is 1.52. The molecule has 0 aromatic carbocycles. The van der Waals surface area contributed by atoms with Crippen molar-refractivity contribution in [3.63, 3.8) is 0 Å². The number of pyridine rings is 1. The van der Waals surface area contributed by atoms with E-state index in [1.165, 1.54) is 12.3 Å². The average Bonchev–Trinajstić information content (AvgIpc) is 3.55. The van der Waals surface area contributed by atoms with E-state index in [1.807, 2.05) is 12.1 Å². The summed E-state index contributed by atoms with van der Waals surface area (Å²) in [5.74, 6) is 0.442. The fourth-order valence-electron chi connectivity index (χ4n) is 4.21. The molecule has 4 rings (SSSR count). The van der Waals surface area contributed by atoms with Crippen LogP contribution in [0, 0.1) is 35.5 Å². The molecule has 170 valence electrons. The summed E-state index contributed by atoms with van der Waals surface area (Å²) in [6.07, 6.45) is 8.82. The molecule has 0 aliphatic heterocycles. The summed E-state index contributed by atoms with van der Waals surface area (Å²) in [6, 6.07) is 5.16. The van der Waals surface area contributed by atoms with Gasteiger partial charge in [-0.1, -0.05) is 12.2 Å². The molecule has 8 nitrogen and oxygen atoms in total. The van der Waals surface area contributed by atoms with Crippen molar-refractivity contribution in [1.82, 2.24) is 15.0 Å². The first-order valence-electron chi connectivity index (χ1n) is 10.6. The van der Waals surface area contributed by atoms with Crippen LogP contribution in [0.5, 0.6) is 5.75 Å². The Morgan fingerprint density at radius 2 is 2.21 bits per heavy atom. The number of hydrogen-bond acceptors (Lipinski definition) is 7. The fourth-order valence-corrected chi connectivity index (χ4v) is 4.21. The molecule has 2 aromatic heterocycles. The molecule has 1 saturated carbocycles. The van der Waals surface area contributed by atoms with Crippen LogP contribution in [0.25, 0.3) is 0 Å². The Morgan fingerprint density at radius 1 is 1.36 bits per heavy atom. The lowest BCUT2D eigenvalue weighted by molar-refractivity contribution is -0.118. The Bertz CT molecular complexity index is 1140. The van der Waals surface area contributed by atoms with E-state index in [4.69, 9.17) is 14.7 Å². The van der Waals surface area contributed by atoms with Crippen LogP contribution >= 0.6 is 0 Å². The Hall–Kier alpha value is -3.64. The van der Waals surface area contributed by atoms with Gasteiger partial charge < -0.3 is 14.8 Å². The number of nitrogens with zero attached hydrogens (tertiary/aromatic N) is 4. The van der Waals surface area contributed by atoms with Gasteiger partial charge in [-0.3, -0.25) is 4.79 Å². The van der Waals surface area contributed by atoms with E-state index in [-0.39, 0.29) is 43.2 Å². The van der Waals surface area contributed by atoms with Crippen LogP contribution < -0.4 is 10.1 Å². The van der Waals surface area contributed by atoms with Crippen molar-refractivity contribution >= 4 is 11.7 Å². The molecule has 2 aliphatic carbocycles. The van der Waals surface area contributed by atoms with Gasteiger partial charge >= 0.3 is 0 Å². The maximum Gasteiger partial charge on any atom is 0.229 e. The lowest BCUT2D eigenvalue weighted by Gasteiger charge is -2.27. The number of aryl methyl sites for hydroxylation is 1. The molecule has 2 heterocycles. The standard InChI is InChI=1S/C24H24FN5O3/c1-15-27-12-21(20(29-15)13-32-2)33-14-24(17-4-3-5-18(25)8-17)9-19(24)23(31)30-22-7-6-16(10-26)11-28-22/h3-7,11-12,17,19H,8-9,13-14H2,1-2H3,(H,28,30,31)/t17?,19-,24+/m0/s1. The van der Waals surface area contributed by atoms with Crippen LogP contribution in [0.4, 0.5) is 10.2 Å². The average molecular weight is 449 g/mol. The van der Waals surface area contributed by atoms with E-state index in [0.717, 1.165) is 0 Å². The molecular formula is C24H24FN5O3. The zero-order valence-corrected chi connectivity index (χ0v) is 18.4. The maximum absolute atomic E-state index is 14.1. The highest BCUT2D eigenvalue weighted by molar-refractivity contribution is 5.94. The van der Waals surface area contributed by atoms with Crippen molar-refractivity contribution in [1.29, 1.82) is 5.26 Å². The number of nitriles is 1. The summed E-state index contributed by atoms with van der Waals surface area (Å²) < 4.78 is 25.4. The number of rotatable bonds is 8. The number of carbonyl (C=O) groups is 1. The molecule has 9 heteroatoms. The summed E-state index contributed by atoms with van der Waals surface area (Å²) >= 11 is 0. The highest BCUT2D eigenvalue weighted by Crippen LogP contribution is 2.60. The van der Waals surface area contributed by atoms with Gasteiger partial charge in [0.1, 0.15) is 29.2 Å². The van der Waals surface area contributed by atoms with E-state index >= 15 is 0 Å². The summed E-state index contributed by atoms with van der Waals surface area (Å²) in [7, 11) is 1.57. The molecule has 33 heavy (non-hydrogen) atoms. The number of methoxy groups -OCH3 is 1. The number of halogens is 1. The van der Waals surface area contributed by atoms with Gasteiger partial charge in [0.25, 0.3) is 0 Å². The minimum absolute atomic E-state index is 0.190. The first-order valence-corrected chi connectivity index (χ1v) is 10.6. The van der Waals surface area contributed by atoms with E-state index in [2.05, 4.69) is 20.3 Å². The Kier molecular flexibility index (Phi) is 6.47. The normalized spacial score (nSPS) is 23.4. The zero-order valence-electron chi connectivity index (χ0n) is 18.4. The minimum Gasteiger partial charge on any atom is -0.489 e. The van der Waals surface area contributed by atoms with Gasteiger partial charge in [-0.25, -0.2) is 19.3 Å². The Labute approximate surface area is 191 Å². The molecule has 1 N–H and O–H groups in total. The number of carbonyl (C=O) groups excluding carboxylic acids is 1. The van der Waals surface area contributed by atoms with Crippen molar-refractivity contribution in [2.75, 3.05) is 19.0 Å². The maximum atomic E-state index is 14.1. The summed E-state index contributed by atoms with van der Waals surface area (Å²) in [5.41, 5.74) is 0.450. The molecule has 2 aromatic rings. The predicted molar refractivity (Wildman–Crippen MR) is 118 cm³/mol. The summed E-state index contributed by atoms with van der Waals surface area (Å²) in [4.78, 5) is 25.7. The van der Waals surface area contributed by atoms with Gasteiger partial charge in [-0.15, -0.1) is 0 Å². The van der Waals surface area contributed by atoms with E-state index in [1.54, 1.807) is 38.4 Å². The molecule has 0 saturated heterocycles. The van der Waals surface area contributed by atoms with E-state index < -0.39 is 5.41 Å². The topological polar surface area (TPSA) is 110 Å². The molecule has 3 atom stereocenters. The fraction of sp³-hybridized carbons (Fsp3) is 0.375. The molecule has 1 unspecified atom stereocenters. The van der Waals surface area contributed by atoms with Crippen LogP contribution in [0.3, 0.4) is 0 Å². The van der Waals surface area contributed by atoms with Gasteiger partial charge in [0, 0.05) is 31.1 Å². The van der Waals surface area contributed by atoms with Crippen molar-refractivity contribution < 1.29 is 18.7 Å². The van der Waals surface area contributed by atoms with Crippen molar-refractivity contribution in [2.24, 2.45) is 17.3 Å². The lowest BCUT2D eigenvalue weighted by atomic mass is 9.82. The van der Waals surface area contributed by atoms with Crippen molar-refractivity contribution in [3.8, 4) is 11.8 Å².